The summed E-state index contributed by atoms with van der Waals surface area (Å²) >= 11 is 1.45. The molecule has 5 heteroatoms. The van der Waals surface area contributed by atoms with Crippen LogP contribution in [-0.4, -0.2) is 21.3 Å². The van der Waals surface area contributed by atoms with Crippen molar-refractivity contribution < 1.29 is 14.3 Å². The average Bonchev–Trinajstić information content (AvgIpc) is 2.94. The third-order valence-corrected chi connectivity index (χ3v) is 4.54. The van der Waals surface area contributed by atoms with E-state index in [9.17, 15) is 4.79 Å². The number of carboxylic acids is 1. The van der Waals surface area contributed by atoms with Crippen LogP contribution in [0.4, 0.5) is 0 Å². The Kier molecular flexibility index (Phi) is 2.99. The minimum absolute atomic E-state index is 0.0792. The normalized spacial score (nSPS) is 23.6. The number of hydrogen-bond acceptors (Lipinski definition) is 4. The Bertz CT molecular complexity index is 547. The van der Waals surface area contributed by atoms with Crippen molar-refractivity contribution in [2.45, 2.75) is 29.7 Å². The van der Waals surface area contributed by atoms with Gasteiger partial charge in [0.2, 0.25) is 0 Å². The van der Waals surface area contributed by atoms with Crippen LogP contribution in [0.5, 0.6) is 0 Å². The minimum Gasteiger partial charge on any atom is -0.481 e. The number of aliphatic carboxylic acids is 1. The Balaban J connectivity index is 1.81. The SMILES string of the molecule is O=C(O)C1CCCC1Sc1nc2ccccc2o1. The summed E-state index contributed by atoms with van der Waals surface area (Å²) in [5, 5.41) is 9.79. The zero-order valence-electron chi connectivity index (χ0n) is 9.70. The molecule has 4 nitrogen and oxygen atoms in total. The summed E-state index contributed by atoms with van der Waals surface area (Å²) in [6.45, 7) is 0. The van der Waals surface area contributed by atoms with Crippen LogP contribution in [-0.2, 0) is 4.79 Å². The predicted octanol–water partition coefficient (Wildman–Crippen LogP) is 3.17. The molecular formula is C13H13NO3S. The van der Waals surface area contributed by atoms with Gasteiger partial charge in [0.1, 0.15) is 5.52 Å². The van der Waals surface area contributed by atoms with E-state index in [-0.39, 0.29) is 11.2 Å². The first kappa shape index (κ1) is 11.6. The van der Waals surface area contributed by atoms with Crippen LogP contribution < -0.4 is 0 Å². The molecule has 1 aromatic carbocycles. The van der Waals surface area contributed by atoms with Gasteiger partial charge in [-0.3, -0.25) is 4.79 Å². The van der Waals surface area contributed by atoms with Gasteiger partial charge in [0.25, 0.3) is 5.22 Å². The van der Waals surface area contributed by atoms with E-state index in [0.717, 1.165) is 30.4 Å². The molecule has 1 aliphatic carbocycles. The molecular weight excluding hydrogens is 250 g/mol. The van der Waals surface area contributed by atoms with Crippen molar-refractivity contribution in [2.75, 3.05) is 0 Å². The van der Waals surface area contributed by atoms with Crippen LogP contribution in [0.1, 0.15) is 19.3 Å². The number of rotatable bonds is 3. The summed E-state index contributed by atoms with van der Waals surface area (Å²) in [4.78, 5) is 15.5. The van der Waals surface area contributed by atoms with Crippen molar-refractivity contribution in [3.63, 3.8) is 0 Å². The molecule has 1 saturated carbocycles. The molecule has 0 bridgehead atoms. The molecule has 1 aliphatic rings. The van der Waals surface area contributed by atoms with E-state index >= 15 is 0 Å². The van der Waals surface area contributed by atoms with Gasteiger partial charge in [-0.2, -0.15) is 0 Å². The number of hydrogen-bond donors (Lipinski definition) is 1. The van der Waals surface area contributed by atoms with E-state index in [2.05, 4.69) is 4.98 Å². The Morgan fingerprint density at radius 1 is 1.39 bits per heavy atom. The van der Waals surface area contributed by atoms with E-state index in [1.807, 2.05) is 24.3 Å². The van der Waals surface area contributed by atoms with E-state index in [1.165, 1.54) is 11.8 Å². The molecule has 1 fully saturated rings. The predicted molar refractivity (Wildman–Crippen MR) is 68.6 cm³/mol. The molecule has 2 atom stereocenters. The molecule has 0 spiro atoms. The summed E-state index contributed by atoms with van der Waals surface area (Å²) in [6, 6.07) is 7.58. The zero-order chi connectivity index (χ0) is 12.5. The van der Waals surface area contributed by atoms with E-state index in [0.29, 0.717) is 5.22 Å². The lowest BCUT2D eigenvalue weighted by Crippen LogP contribution is -2.19. The van der Waals surface area contributed by atoms with E-state index < -0.39 is 5.97 Å². The highest BCUT2D eigenvalue weighted by molar-refractivity contribution is 7.99. The minimum atomic E-state index is -0.707. The second kappa shape index (κ2) is 4.65. The number of thioether (sulfide) groups is 1. The molecule has 0 radical (unpaired) electrons. The first-order chi connectivity index (χ1) is 8.74. The van der Waals surface area contributed by atoms with Gasteiger partial charge in [-0.25, -0.2) is 4.98 Å². The maximum absolute atomic E-state index is 11.1. The van der Waals surface area contributed by atoms with Gasteiger partial charge in [0.15, 0.2) is 5.58 Å². The smallest absolute Gasteiger partial charge is 0.307 e. The lowest BCUT2D eigenvalue weighted by Gasteiger charge is -2.12. The molecule has 2 unspecified atom stereocenters. The Morgan fingerprint density at radius 2 is 2.22 bits per heavy atom. The standard InChI is InChI=1S/C13H13NO3S/c15-12(16)8-4-3-7-11(8)18-13-14-9-5-1-2-6-10(9)17-13/h1-2,5-6,8,11H,3-4,7H2,(H,15,16). The molecule has 0 amide bonds. The highest BCUT2D eigenvalue weighted by Gasteiger charge is 2.34. The van der Waals surface area contributed by atoms with Crippen molar-refractivity contribution in [2.24, 2.45) is 5.92 Å². The molecule has 0 saturated heterocycles. The first-order valence-corrected chi connectivity index (χ1v) is 6.87. The first-order valence-electron chi connectivity index (χ1n) is 5.99. The van der Waals surface area contributed by atoms with Crippen molar-refractivity contribution in [1.29, 1.82) is 0 Å². The molecule has 1 aromatic heterocycles. The number of carboxylic acid groups (broad SMARTS) is 1. The molecule has 1 heterocycles. The second-order valence-corrected chi connectivity index (χ2v) is 5.67. The van der Waals surface area contributed by atoms with Gasteiger partial charge >= 0.3 is 5.97 Å². The number of nitrogens with zero attached hydrogens (tertiary/aromatic N) is 1. The van der Waals surface area contributed by atoms with Gasteiger partial charge < -0.3 is 9.52 Å². The number of para-hydroxylation sites is 2. The van der Waals surface area contributed by atoms with Crippen molar-refractivity contribution in [1.82, 2.24) is 4.98 Å². The monoisotopic (exact) mass is 263 g/mol. The maximum Gasteiger partial charge on any atom is 0.307 e. The largest absolute Gasteiger partial charge is 0.481 e. The van der Waals surface area contributed by atoms with Crippen LogP contribution in [0.15, 0.2) is 33.9 Å². The lowest BCUT2D eigenvalue weighted by atomic mass is 10.1. The Labute approximate surface area is 108 Å². The number of fused-ring (bicyclic) bond motifs is 1. The van der Waals surface area contributed by atoms with Crippen LogP contribution in [0, 0.1) is 5.92 Å². The van der Waals surface area contributed by atoms with Crippen LogP contribution in [0.2, 0.25) is 0 Å². The van der Waals surface area contributed by atoms with Gasteiger partial charge in [0.05, 0.1) is 5.92 Å². The molecule has 94 valence electrons. The van der Waals surface area contributed by atoms with Gasteiger partial charge in [0, 0.05) is 5.25 Å². The van der Waals surface area contributed by atoms with Gasteiger partial charge in [-0.1, -0.05) is 30.3 Å². The average molecular weight is 263 g/mol. The fourth-order valence-electron chi connectivity index (χ4n) is 2.38. The summed E-state index contributed by atoms with van der Waals surface area (Å²) in [5.74, 6) is -0.980. The van der Waals surface area contributed by atoms with Gasteiger partial charge in [-0.05, 0) is 25.0 Å². The third-order valence-electron chi connectivity index (χ3n) is 3.30. The molecule has 18 heavy (non-hydrogen) atoms. The third kappa shape index (κ3) is 2.10. The fraction of sp³-hybridized carbons (Fsp3) is 0.385. The quantitative estimate of drug-likeness (QED) is 0.921. The van der Waals surface area contributed by atoms with Crippen LogP contribution in [0.25, 0.3) is 11.1 Å². The summed E-state index contributed by atoms with van der Waals surface area (Å²) in [5.41, 5.74) is 1.58. The fourth-order valence-corrected chi connectivity index (χ4v) is 3.63. The zero-order valence-corrected chi connectivity index (χ0v) is 10.5. The molecule has 1 N–H and O–H groups in total. The highest BCUT2D eigenvalue weighted by atomic mass is 32.2. The van der Waals surface area contributed by atoms with Crippen molar-refractivity contribution in [3.05, 3.63) is 24.3 Å². The Hall–Kier alpha value is -1.49. The summed E-state index contributed by atoms with van der Waals surface area (Å²) in [7, 11) is 0. The number of benzene rings is 1. The number of aromatic nitrogens is 1. The summed E-state index contributed by atoms with van der Waals surface area (Å²) < 4.78 is 5.62. The number of oxazole rings is 1. The lowest BCUT2D eigenvalue weighted by molar-refractivity contribution is -0.141. The van der Waals surface area contributed by atoms with E-state index in [4.69, 9.17) is 9.52 Å². The summed E-state index contributed by atoms with van der Waals surface area (Å²) in [6.07, 6.45) is 2.64. The Morgan fingerprint density at radius 3 is 3.00 bits per heavy atom. The van der Waals surface area contributed by atoms with Crippen molar-refractivity contribution >= 4 is 28.8 Å². The highest BCUT2D eigenvalue weighted by Crippen LogP contribution is 2.39. The van der Waals surface area contributed by atoms with E-state index in [1.54, 1.807) is 0 Å². The molecule has 0 aliphatic heterocycles. The van der Waals surface area contributed by atoms with Crippen LogP contribution in [0.3, 0.4) is 0 Å². The molecule has 3 rings (SSSR count). The van der Waals surface area contributed by atoms with Gasteiger partial charge in [-0.15, -0.1) is 0 Å². The van der Waals surface area contributed by atoms with Crippen LogP contribution >= 0.6 is 11.8 Å². The topological polar surface area (TPSA) is 63.3 Å². The van der Waals surface area contributed by atoms with Crippen molar-refractivity contribution in [3.8, 4) is 0 Å². The second-order valence-electron chi connectivity index (χ2n) is 4.48. The number of carbonyl (C=O) groups is 1. The maximum atomic E-state index is 11.1. The molecule has 2 aromatic rings.